The van der Waals surface area contributed by atoms with Gasteiger partial charge in [0, 0.05) is 0 Å². The molecule has 0 heterocycles. The SMILES string of the molecule is CCOC(=O)[C@@H]1CC[C@H](O)C1. The topological polar surface area (TPSA) is 46.5 Å². The Morgan fingerprint density at radius 2 is 2.36 bits per heavy atom. The highest BCUT2D eigenvalue weighted by atomic mass is 16.5. The summed E-state index contributed by atoms with van der Waals surface area (Å²) in [6.07, 6.45) is 1.81. The molecule has 0 bridgehead atoms. The lowest BCUT2D eigenvalue weighted by molar-refractivity contribution is -0.148. The van der Waals surface area contributed by atoms with Gasteiger partial charge in [0.05, 0.1) is 18.6 Å². The fourth-order valence-electron chi connectivity index (χ4n) is 1.43. The molecule has 1 rings (SSSR count). The van der Waals surface area contributed by atoms with Crippen LogP contribution in [-0.4, -0.2) is 23.8 Å². The fourth-order valence-corrected chi connectivity index (χ4v) is 1.43. The molecule has 0 aromatic heterocycles. The largest absolute Gasteiger partial charge is 0.466 e. The van der Waals surface area contributed by atoms with Crippen LogP contribution in [-0.2, 0) is 9.53 Å². The first-order valence-electron chi connectivity index (χ1n) is 4.08. The van der Waals surface area contributed by atoms with E-state index in [4.69, 9.17) is 9.84 Å². The summed E-state index contributed by atoms with van der Waals surface area (Å²) < 4.78 is 4.82. The van der Waals surface area contributed by atoms with E-state index < -0.39 is 0 Å². The lowest BCUT2D eigenvalue weighted by Crippen LogP contribution is -2.15. The maximum absolute atomic E-state index is 11.1. The average molecular weight is 158 g/mol. The van der Waals surface area contributed by atoms with Crippen molar-refractivity contribution in [3.8, 4) is 0 Å². The van der Waals surface area contributed by atoms with Gasteiger partial charge in [-0.2, -0.15) is 0 Å². The van der Waals surface area contributed by atoms with Crippen LogP contribution in [0.1, 0.15) is 26.2 Å². The summed E-state index contributed by atoms with van der Waals surface area (Å²) in [7, 11) is 0. The standard InChI is InChI=1S/C8H14O3/c1-2-11-8(10)6-3-4-7(9)5-6/h6-7,9H,2-5H2,1H3/t6-,7+/m1/s1. The molecule has 1 aliphatic rings. The van der Waals surface area contributed by atoms with Crippen LogP contribution >= 0.6 is 0 Å². The smallest absolute Gasteiger partial charge is 0.309 e. The highest BCUT2D eigenvalue weighted by Gasteiger charge is 2.29. The van der Waals surface area contributed by atoms with Gasteiger partial charge in [0.25, 0.3) is 0 Å². The minimum Gasteiger partial charge on any atom is -0.466 e. The fraction of sp³-hybridized carbons (Fsp3) is 0.875. The Balaban J connectivity index is 2.31. The Kier molecular flexibility index (Phi) is 2.88. The third-order valence-corrected chi connectivity index (χ3v) is 2.02. The molecule has 0 aromatic carbocycles. The molecule has 2 atom stereocenters. The molecule has 0 radical (unpaired) electrons. The van der Waals surface area contributed by atoms with Gasteiger partial charge in [-0.25, -0.2) is 0 Å². The summed E-state index contributed by atoms with van der Waals surface area (Å²) in [5.41, 5.74) is 0. The van der Waals surface area contributed by atoms with Crippen LogP contribution in [0.2, 0.25) is 0 Å². The molecule has 0 unspecified atom stereocenters. The first-order valence-corrected chi connectivity index (χ1v) is 4.08. The number of hydrogen-bond donors (Lipinski definition) is 1. The second kappa shape index (κ2) is 3.72. The molecule has 0 spiro atoms. The molecule has 1 fully saturated rings. The van der Waals surface area contributed by atoms with Gasteiger partial charge in [-0.15, -0.1) is 0 Å². The van der Waals surface area contributed by atoms with E-state index >= 15 is 0 Å². The Bertz CT molecular complexity index is 144. The van der Waals surface area contributed by atoms with E-state index in [1.807, 2.05) is 0 Å². The first kappa shape index (κ1) is 8.53. The molecular formula is C8H14O3. The molecular weight excluding hydrogens is 144 g/mol. The number of carbonyl (C=O) groups excluding carboxylic acids is 1. The van der Waals surface area contributed by atoms with Gasteiger partial charge in [-0.3, -0.25) is 4.79 Å². The van der Waals surface area contributed by atoms with Crippen molar-refractivity contribution < 1.29 is 14.6 Å². The van der Waals surface area contributed by atoms with Gasteiger partial charge in [0.1, 0.15) is 0 Å². The number of esters is 1. The van der Waals surface area contributed by atoms with E-state index in [0.29, 0.717) is 13.0 Å². The zero-order chi connectivity index (χ0) is 8.27. The third-order valence-electron chi connectivity index (χ3n) is 2.02. The van der Waals surface area contributed by atoms with Crippen LogP contribution < -0.4 is 0 Å². The third kappa shape index (κ3) is 2.19. The molecule has 64 valence electrons. The van der Waals surface area contributed by atoms with Gasteiger partial charge in [0.2, 0.25) is 0 Å². The lowest BCUT2D eigenvalue weighted by atomic mass is 10.1. The predicted molar refractivity (Wildman–Crippen MR) is 40.0 cm³/mol. The van der Waals surface area contributed by atoms with Gasteiger partial charge in [-0.05, 0) is 26.2 Å². The molecule has 0 amide bonds. The zero-order valence-corrected chi connectivity index (χ0v) is 6.75. The maximum atomic E-state index is 11.1. The lowest BCUT2D eigenvalue weighted by Gasteiger charge is -2.06. The monoisotopic (exact) mass is 158 g/mol. The normalized spacial score (nSPS) is 30.4. The number of aliphatic hydroxyl groups excluding tert-OH is 1. The Morgan fingerprint density at radius 3 is 2.82 bits per heavy atom. The number of aliphatic hydroxyl groups is 1. The van der Waals surface area contributed by atoms with Gasteiger partial charge in [0.15, 0.2) is 0 Å². The molecule has 1 N–H and O–H groups in total. The van der Waals surface area contributed by atoms with Crippen LogP contribution in [0.15, 0.2) is 0 Å². The summed E-state index contributed by atoms with van der Waals surface area (Å²) in [6.45, 7) is 2.23. The second-order valence-corrected chi connectivity index (χ2v) is 2.92. The van der Waals surface area contributed by atoms with Crippen molar-refractivity contribution in [3.05, 3.63) is 0 Å². The molecule has 11 heavy (non-hydrogen) atoms. The summed E-state index contributed by atoms with van der Waals surface area (Å²) >= 11 is 0. The molecule has 3 heteroatoms. The van der Waals surface area contributed by atoms with Crippen molar-refractivity contribution in [3.63, 3.8) is 0 Å². The van der Waals surface area contributed by atoms with Crippen molar-refractivity contribution in [2.45, 2.75) is 32.3 Å². The number of carbonyl (C=O) groups is 1. The summed E-state index contributed by atoms with van der Waals surface area (Å²) in [4.78, 5) is 11.1. The van der Waals surface area contributed by atoms with Crippen molar-refractivity contribution in [1.82, 2.24) is 0 Å². The number of ether oxygens (including phenoxy) is 1. The van der Waals surface area contributed by atoms with Gasteiger partial charge >= 0.3 is 5.97 Å². The van der Waals surface area contributed by atoms with Crippen molar-refractivity contribution >= 4 is 5.97 Å². The van der Waals surface area contributed by atoms with E-state index in [1.165, 1.54) is 0 Å². The minimum atomic E-state index is -0.288. The number of rotatable bonds is 2. The second-order valence-electron chi connectivity index (χ2n) is 2.92. The van der Waals surface area contributed by atoms with Gasteiger partial charge < -0.3 is 9.84 Å². The van der Waals surface area contributed by atoms with Crippen LogP contribution in [0.25, 0.3) is 0 Å². The van der Waals surface area contributed by atoms with Crippen molar-refractivity contribution in [2.75, 3.05) is 6.61 Å². The van der Waals surface area contributed by atoms with Gasteiger partial charge in [-0.1, -0.05) is 0 Å². The Labute approximate surface area is 66.4 Å². The minimum absolute atomic E-state index is 0.0510. The van der Waals surface area contributed by atoms with Crippen molar-refractivity contribution in [1.29, 1.82) is 0 Å². The molecule has 0 aliphatic heterocycles. The van der Waals surface area contributed by atoms with Crippen molar-refractivity contribution in [2.24, 2.45) is 5.92 Å². The maximum Gasteiger partial charge on any atom is 0.309 e. The van der Waals surface area contributed by atoms with Crippen LogP contribution in [0, 0.1) is 5.92 Å². The van der Waals surface area contributed by atoms with E-state index in [-0.39, 0.29) is 18.0 Å². The average Bonchev–Trinajstić information content (AvgIpc) is 2.36. The molecule has 1 aliphatic carbocycles. The van der Waals surface area contributed by atoms with Crippen LogP contribution in [0.4, 0.5) is 0 Å². The Hall–Kier alpha value is -0.570. The van der Waals surface area contributed by atoms with E-state index in [9.17, 15) is 4.79 Å². The molecule has 3 nitrogen and oxygen atoms in total. The molecule has 1 saturated carbocycles. The highest BCUT2D eigenvalue weighted by Crippen LogP contribution is 2.26. The number of hydrogen-bond acceptors (Lipinski definition) is 3. The van der Waals surface area contributed by atoms with Crippen LogP contribution in [0.5, 0.6) is 0 Å². The molecule has 0 aromatic rings. The summed E-state index contributed by atoms with van der Waals surface area (Å²) in [5.74, 6) is -0.200. The summed E-state index contributed by atoms with van der Waals surface area (Å²) in [6, 6.07) is 0. The Morgan fingerprint density at radius 1 is 1.64 bits per heavy atom. The zero-order valence-electron chi connectivity index (χ0n) is 6.75. The van der Waals surface area contributed by atoms with E-state index in [1.54, 1.807) is 6.92 Å². The predicted octanol–water partition coefficient (Wildman–Crippen LogP) is 0.711. The van der Waals surface area contributed by atoms with E-state index in [2.05, 4.69) is 0 Å². The van der Waals surface area contributed by atoms with E-state index in [0.717, 1.165) is 12.8 Å². The summed E-state index contributed by atoms with van der Waals surface area (Å²) in [5, 5.41) is 9.11. The quantitative estimate of drug-likeness (QED) is 0.602. The van der Waals surface area contributed by atoms with Crippen LogP contribution in [0.3, 0.4) is 0 Å². The highest BCUT2D eigenvalue weighted by molar-refractivity contribution is 5.72. The molecule has 0 saturated heterocycles. The first-order chi connectivity index (χ1) is 5.24.